The van der Waals surface area contributed by atoms with Crippen molar-refractivity contribution in [3.63, 3.8) is 0 Å². The van der Waals surface area contributed by atoms with Crippen molar-refractivity contribution < 1.29 is 19.2 Å². The van der Waals surface area contributed by atoms with Crippen molar-refractivity contribution in [1.82, 2.24) is 19.8 Å². The van der Waals surface area contributed by atoms with E-state index in [-0.39, 0.29) is 23.9 Å². The maximum atomic E-state index is 13.6. The van der Waals surface area contributed by atoms with Crippen molar-refractivity contribution in [2.24, 2.45) is 16.8 Å². The highest BCUT2D eigenvalue weighted by Crippen LogP contribution is 2.46. The maximum absolute atomic E-state index is 13.6. The molecule has 1 aliphatic carbocycles. The van der Waals surface area contributed by atoms with Gasteiger partial charge < -0.3 is 40.6 Å². The van der Waals surface area contributed by atoms with Gasteiger partial charge in [0.2, 0.25) is 5.95 Å². The van der Waals surface area contributed by atoms with Crippen LogP contribution in [-0.4, -0.2) is 103 Å². The quantitative estimate of drug-likeness (QED) is 0.189. The molecule has 3 aliphatic rings. The van der Waals surface area contributed by atoms with Gasteiger partial charge in [-0.1, -0.05) is 5.16 Å². The Bertz CT molecular complexity index is 1610. The van der Waals surface area contributed by atoms with Crippen LogP contribution in [0.4, 0.5) is 21.6 Å². The van der Waals surface area contributed by atoms with Crippen molar-refractivity contribution in [3.8, 4) is 6.07 Å². The van der Waals surface area contributed by atoms with Gasteiger partial charge >= 0.3 is 12.1 Å². The van der Waals surface area contributed by atoms with E-state index in [1.807, 2.05) is 32.7 Å². The summed E-state index contributed by atoms with van der Waals surface area (Å²) in [6.45, 7) is 13.9. The normalized spacial score (nSPS) is 22.3. The number of hydrogen-bond acceptors (Lipinski definition) is 13. The van der Waals surface area contributed by atoms with Gasteiger partial charge in [-0.2, -0.15) is 10.2 Å². The van der Waals surface area contributed by atoms with E-state index >= 15 is 0 Å². The Morgan fingerprint density at radius 2 is 1.96 bits per heavy atom. The van der Waals surface area contributed by atoms with Gasteiger partial charge in [-0.3, -0.25) is 0 Å². The summed E-state index contributed by atoms with van der Waals surface area (Å²) in [4.78, 5) is 50.4. The number of amidine groups is 1. The number of rotatable bonds is 7. The summed E-state index contributed by atoms with van der Waals surface area (Å²) in [5, 5.41) is 14.3. The van der Waals surface area contributed by atoms with Gasteiger partial charge in [-0.15, -0.1) is 11.3 Å². The van der Waals surface area contributed by atoms with Crippen LogP contribution in [0.3, 0.4) is 0 Å². The Kier molecular flexibility index (Phi) is 10.1. The summed E-state index contributed by atoms with van der Waals surface area (Å²) in [6, 6.07) is 4.05. The number of ether oxygens (including phenoxy) is 1. The number of nitrogens with zero attached hydrogens (tertiary/aromatic N) is 8. The number of nitrogens with two attached hydrogens (primary N) is 2. The van der Waals surface area contributed by atoms with Crippen LogP contribution in [0.2, 0.25) is 0 Å². The number of nitriles is 1. The van der Waals surface area contributed by atoms with Crippen molar-refractivity contribution in [2.45, 2.75) is 77.4 Å². The predicted molar refractivity (Wildman–Crippen MR) is 186 cm³/mol. The van der Waals surface area contributed by atoms with Gasteiger partial charge in [0.15, 0.2) is 5.84 Å². The Balaban J connectivity index is 1.38. The van der Waals surface area contributed by atoms with Crippen molar-refractivity contribution in [2.75, 3.05) is 68.9 Å². The molecule has 14 nitrogen and oxygen atoms in total. The number of likely N-dealkylation sites (tertiary alicyclic amines) is 1. The second-order valence-corrected chi connectivity index (χ2v) is 15.6. The molecule has 0 spiro atoms. The van der Waals surface area contributed by atoms with E-state index in [1.165, 1.54) is 11.3 Å². The van der Waals surface area contributed by atoms with E-state index in [4.69, 9.17) is 31.0 Å². The van der Waals surface area contributed by atoms with Crippen LogP contribution in [0.5, 0.6) is 0 Å². The molecule has 260 valence electrons. The lowest BCUT2D eigenvalue weighted by Crippen LogP contribution is -2.54. The molecule has 1 amide bonds. The van der Waals surface area contributed by atoms with Gasteiger partial charge in [-0.05, 0) is 73.9 Å². The number of likely N-dealkylation sites (N-methyl/N-ethyl adjacent to an activating group) is 1. The summed E-state index contributed by atoms with van der Waals surface area (Å²) in [5.41, 5.74) is 12.3. The van der Waals surface area contributed by atoms with E-state index in [9.17, 15) is 14.9 Å². The molecule has 2 fully saturated rings. The van der Waals surface area contributed by atoms with E-state index in [1.54, 1.807) is 17.9 Å². The number of thiophene rings is 1. The fourth-order valence-corrected chi connectivity index (χ4v) is 7.92. The maximum Gasteiger partial charge on any atom is 0.410 e. The molecule has 0 aromatic carbocycles. The second-order valence-electron chi connectivity index (χ2n) is 14.5. The molecule has 0 unspecified atom stereocenters. The molecule has 2 atom stereocenters. The summed E-state index contributed by atoms with van der Waals surface area (Å²) < 4.78 is 5.51. The first kappa shape index (κ1) is 35.2. The number of amides is 1. The highest BCUT2D eigenvalue weighted by atomic mass is 32.1. The lowest BCUT2D eigenvalue weighted by Gasteiger charge is -2.41. The third kappa shape index (κ3) is 7.44. The minimum absolute atomic E-state index is 0.0639. The van der Waals surface area contributed by atoms with Crippen LogP contribution in [0, 0.1) is 17.2 Å². The number of aryl methyl sites for hydroxylation is 1. The second kappa shape index (κ2) is 13.8. The predicted octanol–water partition coefficient (Wildman–Crippen LogP) is 3.28. The molecule has 0 radical (unpaired) electrons. The molecule has 4 heterocycles. The lowest BCUT2D eigenvalue weighted by molar-refractivity contribution is -0.150. The van der Waals surface area contributed by atoms with Crippen LogP contribution < -0.4 is 21.3 Å². The van der Waals surface area contributed by atoms with Gasteiger partial charge in [0.1, 0.15) is 28.2 Å². The summed E-state index contributed by atoms with van der Waals surface area (Å²) in [6.07, 6.45) is 2.65. The fourth-order valence-electron chi connectivity index (χ4n) is 6.73. The number of anilines is 3. The highest BCUT2D eigenvalue weighted by Gasteiger charge is 2.45. The van der Waals surface area contributed by atoms with Crippen LogP contribution >= 0.6 is 11.3 Å². The molecule has 48 heavy (non-hydrogen) atoms. The van der Waals surface area contributed by atoms with Gasteiger partial charge in [0.05, 0.1) is 11.0 Å². The smallest absolute Gasteiger partial charge is 0.410 e. The Hall–Kier alpha value is -4.16. The zero-order chi connectivity index (χ0) is 35.0. The zero-order valence-electron chi connectivity index (χ0n) is 29.1. The minimum Gasteiger partial charge on any atom is -0.444 e. The summed E-state index contributed by atoms with van der Waals surface area (Å²) >= 11 is 1.35. The minimum atomic E-state index is -1.08. The fraction of sp³-hybridized carbons (Fsp3) is 0.636. The Labute approximate surface area is 286 Å². The standard InChI is InChI=1S/C33H48N10O4S/c1-20-16-40(6)12-9-13-43(20)30-37-23(14-25(38-30)41(7)17-21-18-42(19-21)31(45)46-32(2,3)4)27(35)39-47-29(44)33(5)11-8-10-24-26(33)22(15-34)28(36)48-24/h14,20-21H,8-13,16-19,36H2,1-7H3,(H2,35,39)/t20-,33-/m0/s1. The number of hydrogen-bond donors (Lipinski definition) is 2. The number of nitrogen functional groups attached to an aromatic ring is 1. The highest BCUT2D eigenvalue weighted by molar-refractivity contribution is 7.16. The van der Waals surface area contributed by atoms with Crippen molar-refractivity contribution >= 4 is 46.0 Å². The molecular weight excluding hydrogens is 632 g/mol. The molecule has 4 N–H and O–H groups in total. The zero-order valence-corrected chi connectivity index (χ0v) is 29.9. The molecule has 2 aromatic heterocycles. The van der Waals surface area contributed by atoms with E-state index in [0.717, 1.165) is 43.8 Å². The molecule has 0 bridgehead atoms. The third-order valence-electron chi connectivity index (χ3n) is 9.23. The molecule has 5 rings (SSSR count). The van der Waals surface area contributed by atoms with E-state index < -0.39 is 17.0 Å². The van der Waals surface area contributed by atoms with Crippen LogP contribution in [0.1, 0.15) is 75.6 Å². The average molecular weight is 681 g/mol. The molecule has 15 heteroatoms. The van der Waals surface area contributed by atoms with Gasteiger partial charge in [0.25, 0.3) is 0 Å². The SMILES string of the molecule is C[C@H]1CN(C)CCCN1c1nc(/C(N)=N/OC(=O)[C@@]2(C)CCCc3sc(N)c(C#N)c32)cc(N(C)CC2CN(C(=O)OC(C)(C)C)C2)n1. The van der Waals surface area contributed by atoms with Crippen LogP contribution in [0.25, 0.3) is 0 Å². The number of oxime groups is 1. The summed E-state index contributed by atoms with van der Waals surface area (Å²) in [5.74, 6) is 0.716. The van der Waals surface area contributed by atoms with E-state index in [2.05, 4.69) is 35.0 Å². The number of carbonyl (C=O) groups is 2. The van der Waals surface area contributed by atoms with Gasteiger partial charge in [0, 0.05) is 68.2 Å². The molecule has 2 saturated heterocycles. The first-order chi connectivity index (χ1) is 22.6. The average Bonchev–Trinajstić information content (AvgIpc) is 3.23. The Morgan fingerprint density at radius 1 is 1.23 bits per heavy atom. The topological polar surface area (TPSA) is 180 Å². The molecule has 0 saturated carbocycles. The van der Waals surface area contributed by atoms with Crippen molar-refractivity contribution in [1.29, 1.82) is 5.26 Å². The monoisotopic (exact) mass is 680 g/mol. The largest absolute Gasteiger partial charge is 0.444 e. The molecular formula is C33H48N10O4S. The molecule has 2 aromatic rings. The molecule has 2 aliphatic heterocycles. The van der Waals surface area contributed by atoms with Crippen LogP contribution in [-0.2, 0) is 26.2 Å². The number of aromatic nitrogens is 2. The van der Waals surface area contributed by atoms with Crippen LogP contribution in [0.15, 0.2) is 11.2 Å². The first-order valence-electron chi connectivity index (χ1n) is 16.5. The Morgan fingerprint density at radius 3 is 2.65 bits per heavy atom. The third-order valence-corrected chi connectivity index (χ3v) is 10.3. The first-order valence-corrected chi connectivity index (χ1v) is 17.3. The lowest BCUT2D eigenvalue weighted by atomic mass is 9.72. The summed E-state index contributed by atoms with van der Waals surface area (Å²) in [7, 11) is 4.05. The number of fused-ring (bicyclic) bond motifs is 1. The van der Waals surface area contributed by atoms with Gasteiger partial charge in [-0.25, -0.2) is 14.6 Å². The number of carbonyl (C=O) groups excluding carboxylic acids is 2. The van der Waals surface area contributed by atoms with E-state index in [0.29, 0.717) is 59.6 Å². The van der Waals surface area contributed by atoms with Crippen molar-refractivity contribution in [3.05, 3.63) is 27.8 Å².